The number of hydrogen-bond acceptors (Lipinski definition) is 2. The Bertz CT molecular complexity index is 108. The van der Waals surface area contributed by atoms with Gasteiger partial charge in [-0.1, -0.05) is 0 Å². The van der Waals surface area contributed by atoms with E-state index < -0.39 is 0 Å². The van der Waals surface area contributed by atoms with Crippen LogP contribution in [0.2, 0.25) is 0 Å². The zero-order valence-electron chi connectivity index (χ0n) is 6.92. The summed E-state index contributed by atoms with van der Waals surface area (Å²) in [5.74, 6) is 0.0324. The molecule has 0 bridgehead atoms. The number of likely N-dealkylation sites (N-methyl/N-ethyl adjacent to an activating group) is 1. The molecule has 0 aliphatic heterocycles. The van der Waals surface area contributed by atoms with Gasteiger partial charge >= 0.3 is 0 Å². The molecule has 0 aromatic rings. The van der Waals surface area contributed by atoms with Crippen LogP contribution in [0.25, 0.3) is 0 Å². The summed E-state index contributed by atoms with van der Waals surface area (Å²) in [5.41, 5.74) is 5.40. The second kappa shape index (κ2) is 4.28. The maximum atomic E-state index is 11.1. The van der Waals surface area contributed by atoms with E-state index in [2.05, 4.69) is 0 Å². The van der Waals surface area contributed by atoms with Gasteiger partial charge in [-0.25, -0.2) is 0 Å². The summed E-state index contributed by atoms with van der Waals surface area (Å²) in [7, 11) is 0. The molecule has 1 amide bonds. The second-order valence-electron chi connectivity index (χ2n) is 2.30. The standard InChI is InChI=1S/C7H16N2O/c1-4-9(5-2)7(10)6(3)8/h6H,4-5,8H2,1-3H3/t6-/m1/s1. The fourth-order valence-electron chi connectivity index (χ4n) is 0.823. The first-order valence-electron chi connectivity index (χ1n) is 3.67. The van der Waals surface area contributed by atoms with E-state index in [4.69, 9.17) is 5.73 Å². The van der Waals surface area contributed by atoms with E-state index in [9.17, 15) is 4.79 Å². The van der Waals surface area contributed by atoms with Crippen LogP contribution in [0.3, 0.4) is 0 Å². The van der Waals surface area contributed by atoms with Crippen LogP contribution < -0.4 is 5.73 Å². The van der Waals surface area contributed by atoms with Crippen LogP contribution in [-0.2, 0) is 4.79 Å². The van der Waals surface area contributed by atoms with Gasteiger partial charge in [0.25, 0.3) is 0 Å². The highest BCUT2D eigenvalue weighted by Gasteiger charge is 2.12. The van der Waals surface area contributed by atoms with Crippen LogP contribution >= 0.6 is 0 Å². The maximum absolute atomic E-state index is 11.1. The topological polar surface area (TPSA) is 46.3 Å². The molecule has 0 aliphatic rings. The molecule has 2 N–H and O–H groups in total. The summed E-state index contributed by atoms with van der Waals surface area (Å²) in [5, 5.41) is 0. The van der Waals surface area contributed by atoms with Gasteiger partial charge < -0.3 is 10.6 Å². The lowest BCUT2D eigenvalue weighted by Crippen LogP contribution is -2.41. The SMILES string of the molecule is CCN(CC)C(=O)[C@@H](C)N. The third-order valence-electron chi connectivity index (χ3n) is 1.46. The van der Waals surface area contributed by atoms with E-state index in [0.717, 1.165) is 13.1 Å². The van der Waals surface area contributed by atoms with E-state index >= 15 is 0 Å². The predicted molar refractivity (Wildman–Crippen MR) is 41.6 cm³/mol. The Morgan fingerprint density at radius 1 is 1.50 bits per heavy atom. The maximum Gasteiger partial charge on any atom is 0.239 e. The molecule has 60 valence electrons. The monoisotopic (exact) mass is 144 g/mol. The van der Waals surface area contributed by atoms with Crippen molar-refractivity contribution in [2.75, 3.05) is 13.1 Å². The van der Waals surface area contributed by atoms with Crippen molar-refractivity contribution in [3.05, 3.63) is 0 Å². The highest BCUT2D eigenvalue weighted by Crippen LogP contribution is 1.90. The Morgan fingerprint density at radius 2 is 1.90 bits per heavy atom. The molecule has 0 saturated heterocycles. The molecule has 0 aromatic carbocycles. The van der Waals surface area contributed by atoms with E-state index in [1.165, 1.54) is 0 Å². The largest absolute Gasteiger partial charge is 0.342 e. The molecule has 0 saturated carbocycles. The molecule has 1 atom stereocenters. The average Bonchev–Trinajstić information content (AvgIpc) is 1.90. The second-order valence-corrected chi connectivity index (χ2v) is 2.30. The van der Waals surface area contributed by atoms with E-state index in [-0.39, 0.29) is 11.9 Å². The minimum absolute atomic E-state index is 0.0324. The lowest BCUT2D eigenvalue weighted by molar-refractivity contribution is -0.131. The molecule has 0 rings (SSSR count). The summed E-state index contributed by atoms with van der Waals surface area (Å²) in [6, 6.07) is -0.361. The van der Waals surface area contributed by atoms with Crippen molar-refractivity contribution in [1.82, 2.24) is 4.90 Å². The summed E-state index contributed by atoms with van der Waals surface area (Å²) in [6.45, 7) is 7.10. The van der Waals surface area contributed by atoms with Gasteiger partial charge in [-0.3, -0.25) is 4.79 Å². The van der Waals surface area contributed by atoms with Crippen LogP contribution in [0.15, 0.2) is 0 Å². The van der Waals surface area contributed by atoms with Crippen molar-refractivity contribution in [3.63, 3.8) is 0 Å². The fraction of sp³-hybridized carbons (Fsp3) is 0.857. The van der Waals surface area contributed by atoms with Crippen molar-refractivity contribution in [2.24, 2.45) is 5.73 Å². The molecule has 0 radical (unpaired) electrons. The number of carbonyl (C=O) groups is 1. The molecule has 3 heteroatoms. The average molecular weight is 144 g/mol. The third kappa shape index (κ3) is 2.35. The Morgan fingerprint density at radius 3 is 2.00 bits per heavy atom. The van der Waals surface area contributed by atoms with Gasteiger partial charge in [0.15, 0.2) is 0 Å². The number of nitrogens with two attached hydrogens (primary N) is 1. The van der Waals surface area contributed by atoms with Gasteiger partial charge in [0.1, 0.15) is 0 Å². The first-order valence-corrected chi connectivity index (χ1v) is 3.67. The van der Waals surface area contributed by atoms with E-state index in [1.807, 2.05) is 13.8 Å². The van der Waals surface area contributed by atoms with Crippen molar-refractivity contribution in [2.45, 2.75) is 26.8 Å². The van der Waals surface area contributed by atoms with E-state index in [0.29, 0.717) is 0 Å². The van der Waals surface area contributed by atoms with E-state index in [1.54, 1.807) is 11.8 Å². The van der Waals surface area contributed by atoms with Crippen molar-refractivity contribution >= 4 is 5.91 Å². The molecule has 0 fully saturated rings. The summed E-state index contributed by atoms with van der Waals surface area (Å²) in [6.07, 6.45) is 0. The lowest BCUT2D eigenvalue weighted by Gasteiger charge is -2.20. The zero-order valence-corrected chi connectivity index (χ0v) is 6.92. The summed E-state index contributed by atoms with van der Waals surface area (Å²) >= 11 is 0. The highest BCUT2D eigenvalue weighted by atomic mass is 16.2. The Kier molecular flexibility index (Phi) is 4.03. The smallest absolute Gasteiger partial charge is 0.239 e. The molecule has 3 nitrogen and oxygen atoms in total. The molecule has 0 aromatic heterocycles. The van der Waals surface area contributed by atoms with Gasteiger partial charge in [0.05, 0.1) is 6.04 Å². The molecule has 0 spiro atoms. The predicted octanol–water partition coefficient (Wildman–Crippen LogP) is 0.202. The van der Waals surface area contributed by atoms with Crippen LogP contribution in [0.4, 0.5) is 0 Å². The van der Waals surface area contributed by atoms with Crippen LogP contribution in [0.1, 0.15) is 20.8 Å². The van der Waals surface area contributed by atoms with Gasteiger partial charge in [-0.05, 0) is 20.8 Å². The molecule has 10 heavy (non-hydrogen) atoms. The van der Waals surface area contributed by atoms with Crippen molar-refractivity contribution in [3.8, 4) is 0 Å². The summed E-state index contributed by atoms with van der Waals surface area (Å²) in [4.78, 5) is 12.8. The van der Waals surface area contributed by atoms with Gasteiger partial charge in [0, 0.05) is 13.1 Å². The van der Waals surface area contributed by atoms with Crippen molar-refractivity contribution in [1.29, 1.82) is 0 Å². The number of hydrogen-bond donors (Lipinski definition) is 1. The van der Waals surface area contributed by atoms with Crippen LogP contribution in [-0.4, -0.2) is 29.9 Å². The zero-order chi connectivity index (χ0) is 8.15. The summed E-state index contributed by atoms with van der Waals surface area (Å²) < 4.78 is 0. The Balaban J connectivity index is 3.89. The molecule has 0 heterocycles. The first-order chi connectivity index (χ1) is 4.63. The fourth-order valence-corrected chi connectivity index (χ4v) is 0.823. The van der Waals surface area contributed by atoms with Gasteiger partial charge in [-0.15, -0.1) is 0 Å². The normalized spacial score (nSPS) is 12.8. The minimum Gasteiger partial charge on any atom is -0.342 e. The van der Waals surface area contributed by atoms with Gasteiger partial charge in [-0.2, -0.15) is 0 Å². The molecule has 0 aliphatic carbocycles. The quantitative estimate of drug-likeness (QED) is 0.615. The third-order valence-corrected chi connectivity index (χ3v) is 1.46. The van der Waals surface area contributed by atoms with Crippen LogP contribution in [0, 0.1) is 0 Å². The molecule has 0 unspecified atom stereocenters. The Hall–Kier alpha value is -0.570. The first kappa shape index (κ1) is 9.43. The Labute approximate surface area is 62.2 Å². The van der Waals surface area contributed by atoms with Crippen molar-refractivity contribution < 1.29 is 4.79 Å². The van der Waals surface area contributed by atoms with Crippen LogP contribution in [0.5, 0.6) is 0 Å². The lowest BCUT2D eigenvalue weighted by atomic mass is 10.3. The number of carbonyl (C=O) groups excluding carboxylic acids is 1. The molecular weight excluding hydrogens is 128 g/mol. The van der Waals surface area contributed by atoms with Gasteiger partial charge in [0.2, 0.25) is 5.91 Å². The minimum atomic E-state index is -0.361. The number of nitrogens with zero attached hydrogens (tertiary/aromatic N) is 1. The highest BCUT2D eigenvalue weighted by molar-refractivity contribution is 5.81. The number of amides is 1. The number of rotatable bonds is 3. The molecular formula is C7H16N2O.